The molecule has 0 bridgehead atoms. The first kappa shape index (κ1) is 28.7. The number of pyridine rings is 1. The first-order valence-electron chi connectivity index (χ1n) is 10.5. The molecule has 0 aliphatic carbocycles. The number of hydrogen-bond acceptors (Lipinski definition) is 7. The number of likely N-dealkylation sites (tertiary alicyclic amines) is 1. The monoisotopic (exact) mass is 523 g/mol. The van der Waals surface area contributed by atoms with Crippen LogP contribution in [0.2, 0.25) is 0 Å². The van der Waals surface area contributed by atoms with Gasteiger partial charge in [-0.2, -0.15) is 31.4 Å². The summed E-state index contributed by atoms with van der Waals surface area (Å²) in [5.41, 5.74) is 2.28. The van der Waals surface area contributed by atoms with Crippen molar-refractivity contribution in [2.75, 3.05) is 18.0 Å². The number of fused-ring (bicyclic) bond motifs is 1. The smallest absolute Gasteiger partial charge is 0.475 e. The van der Waals surface area contributed by atoms with Crippen molar-refractivity contribution in [3.8, 4) is 0 Å². The number of nitrogens with zero attached hydrogens (tertiary/aromatic N) is 5. The van der Waals surface area contributed by atoms with E-state index in [0.29, 0.717) is 12.1 Å². The molecule has 2 saturated heterocycles. The Hall–Kier alpha value is -3.49. The van der Waals surface area contributed by atoms with E-state index in [2.05, 4.69) is 43.2 Å². The quantitative estimate of drug-likeness (QED) is 0.584. The molecule has 0 unspecified atom stereocenters. The van der Waals surface area contributed by atoms with Crippen LogP contribution in [0.5, 0.6) is 0 Å². The molecule has 0 saturated carbocycles. The number of carboxylic acid groups (broad SMARTS) is 2. The standard InChI is InChI=1S/C17H21N5.2C2HF3O2/c1-13-4-5-17(20-19-13)22-10-7-15-16(22)6-9-21(15)12-14-3-2-8-18-11-14;2*3-2(4,5)1(6)7/h2-5,8,11,15-16H,6-7,9-10,12H2,1H3;2*(H,6,7)/t15-,16+;;/m1../s1. The van der Waals surface area contributed by atoms with Gasteiger partial charge in [0.15, 0.2) is 5.82 Å². The Morgan fingerprint density at radius 2 is 1.53 bits per heavy atom. The third-order valence-electron chi connectivity index (χ3n) is 5.36. The molecule has 2 aliphatic heterocycles. The van der Waals surface area contributed by atoms with E-state index in [4.69, 9.17) is 19.8 Å². The van der Waals surface area contributed by atoms with Gasteiger partial charge in [0.2, 0.25) is 0 Å². The normalized spacial score (nSPS) is 19.5. The molecule has 0 spiro atoms. The van der Waals surface area contributed by atoms with Gasteiger partial charge in [0, 0.05) is 44.1 Å². The van der Waals surface area contributed by atoms with Crippen molar-refractivity contribution in [1.82, 2.24) is 20.1 Å². The van der Waals surface area contributed by atoms with Gasteiger partial charge in [-0.1, -0.05) is 6.07 Å². The Kier molecular flexibility index (Phi) is 9.55. The van der Waals surface area contributed by atoms with E-state index >= 15 is 0 Å². The van der Waals surface area contributed by atoms with Gasteiger partial charge in [-0.15, -0.1) is 5.10 Å². The fourth-order valence-electron chi connectivity index (χ4n) is 3.83. The predicted molar refractivity (Wildman–Crippen MR) is 113 cm³/mol. The molecule has 9 nitrogen and oxygen atoms in total. The van der Waals surface area contributed by atoms with Gasteiger partial charge in [-0.3, -0.25) is 9.88 Å². The lowest BCUT2D eigenvalue weighted by Gasteiger charge is -2.26. The number of anilines is 1. The molecule has 15 heteroatoms. The molecular weight excluding hydrogens is 500 g/mol. The second-order valence-corrected chi connectivity index (χ2v) is 7.88. The average Bonchev–Trinajstić information content (AvgIpc) is 3.38. The van der Waals surface area contributed by atoms with Gasteiger partial charge in [0.25, 0.3) is 0 Å². The summed E-state index contributed by atoms with van der Waals surface area (Å²) in [7, 11) is 0. The molecule has 198 valence electrons. The second-order valence-electron chi connectivity index (χ2n) is 7.88. The maximum atomic E-state index is 10.6. The van der Waals surface area contributed by atoms with Gasteiger partial charge in [-0.05, 0) is 43.5 Å². The first-order chi connectivity index (χ1) is 16.7. The topological polar surface area (TPSA) is 120 Å². The van der Waals surface area contributed by atoms with E-state index < -0.39 is 24.3 Å². The van der Waals surface area contributed by atoms with Crippen molar-refractivity contribution in [3.05, 3.63) is 47.9 Å². The molecule has 36 heavy (non-hydrogen) atoms. The largest absolute Gasteiger partial charge is 0.490 e. The summed E-state index contributed by atoms with van der Waals surface area (Å²) in [6.07, 6.45) is -3.93. The third kappa shape index (κ3) is 8.32. The number of carbonyl (C=O) groups is 2. The molecule has 0 aromatic carbocycles. The van der Waals surface area contributed by atoms with Crippen LogP contribution < -0.4 is 4.90 Å². The van der Waals surface area contributed by atoms with E-state index in [1.807, 2.05) is 25.4 Å². The molecule has 2 fully saturated rings. The van der Waals surface area contributed by atoms with E-state index in [9.17, 15) is 26.3 Å². The van der Waals surface area contributed by atoms with E-state index in [1.54, 1.807) is 0 Å². The summed E-state index contributed by atoms with van der Waals surface area (Å²) in [4.78, 5) is 27.1. The van der Waals surface area contributed by atoms with Crippen LogP contribution in [0.3, 0.4) is 0 Å². The zero-order valence-corrected chi connectivity index (χ0v) is 18.9. The summed E-state index contributed by atoms with van der Waals surface area (Å²) in [6, 6.07) is 9.55. The fourth-order valence-corrected chi connectivity index (χ4v) is 3.83. The number of rotatable bonds is 3. The van der Waals surface area contributed by atoms with E-state index in [-0.39, 0.29) is 0 Å². The van der Waals surface area contributed by atoms with E-state index in [1.165, 1.54) is 18.4 Å². The number of halogens is 6. The van der Waals surface area contributed by atoms with Crippen LogP contribution in [0.15, 0.2) is 36.7 Å². The van der Waals surface area contributed by atoms with Gasteiger partial charge in [0.1, 0.15) is 0 Å². The minimum absolute atomic E-state index is 0.577. The molecule has 2 aromatic rings. The molecular formula is C21H23F6N5O4. The number of aryl methyl sites for hydroxylation is 1. The highest BCUT2D eigenvalue weighted by atomic mass is 19.4. The highest BCUT2D eigenvalue weighted by molar-refractivity contribution is 5.73. The molecule has 0 radical (unpaired) electrons. The Bertz CT molecular complexity index is 981. The summed E-state index contributed by atoms with van der Waals surface area (Å²) in [5.74, 6) is -4.48. The van der Waals surface area contributed by atoms with Gasteiger partial charge < -0.3 is 15.1 Å². The summed E-state index contributed by atoms with van der Waals surface area (Å²) >= 11 is 0. The van der Waals surface area contributed by atoms with Gasteiger partial charge in [-0.25, -0.2) is 9.59 Å². The minimum atomic E-state index is -5.08. The number of aliphatic carboxylic acids is 2. The zero-order valence-electron chi connectivity index (χ0n) is 18.9. The maximum Gasteiger partial charge on any atom is 0.490 e. The fraction of sp³-hybridized carbons (Fsp3) is 0.476. The molecule has 4 heterocycles. The van der Waals surface area contributed by atoms with Crippen molar-refractivity contribution >= 4 is 17.8 Å². The SMILES string of the molecule is Cc1ccc(N2CC[C@@H]3[C@@H]2CCN3Cc2cccnc2)nn1.O=C(O)C(F)(F)F.O=C(O)C(F)(F)F. The number of hydrogen-bond donors (Lipinski definition) is 2. The van der Waals surface area contributed by atoms with Crippen molar-refractivity contribution in [2.45, 2.75) is 50.7 Å². The Balaban J connectivity index is 0.000000271. The molecule has 2 atom stereocenters. The Morgan fingerprint density at radius 3 is 2.00 bits per heavy atom. The maximum absolute atomic E-state index is 10.6. The van der Waals surface area contributed by atoms with Gasteiger partial charge in [0.05, 0.1) is 5.69 Å². The number of carboxylic acids is 2. The lowest BCUT2D eigenvalue weighted by molar-refractivity contribution is -0.193. The summed E-state index contributed by atoms with van der Waals surface area (Å²) in [5, 5.41) is 22.8. The predicted octanol–water partition coefficient (Wildman–Crippen LogP) is 3.30. The van der Waals surface area contributed by atoms with Crippen molar-refractivity contribution in [3.63, 3.8) is 0 Å². The summed E-state index contributed by atoms with van der Waals surface area (Å²) in [6.45, 7) is 5.22. The van der Waals surface area contributed by atoms with Crippen molar-refractivity contribution in [1.29, 1.82) is 0 Å². The van der Waals surface area contributed by atoms with Crippen molar-refractivity contribution < 1.29 is 46.1 Å². The van der Waals surface area contributed by atoms with E-state index in [0.717, 1.165) is 31.1 Å². The molecule has 2 aliphatic rings. The van der Waals surface area contributed by atoms with Gasteiger partial charge >= 0.3 is 24.3 Å². The van der Waals surface area contributed by atoms with Crippen LogP contribution in [-0.4, -0.2) is 79.8 Å². The summed E-state index contributed by atoms with van der Waals surface area (Å²) < 4.78 is 63.5. The van der Waals surface area contributed by atoms with Crippen LogP contribution >= 0.6 is 0 Å². The third-order valence-corrected chi connectivity index (χ3v) is 5.36. The highest BCUT2D eigenvalue weighted by Gasteiger charge is 2.43. The van der Waals surface area contributed by atoms with Crippen LogP contribution in [0.1, 0.15) is 24.1 Å². The Morgan fingerprint density at radius 1 is 0.944 bits per heavy atom. The van der Waals surface area contributed by atoms with Crippen LogP contribution in [0.25, 0.3) is 0 Å². The number of alkyl halides is 6. The Labute approximate surface area is 201 Å². The molecule has 4 rings (SSSR count). The average molecular weight is 523 g/mol. The molecule has 2 aromatic heterocycles. The highest BCUT2D eigenvalue weighted by Crippen LogP contribution is 2.34. The van der Waals surface area contributed by atoms with Crippen LogP contribution in [0, 0.1) is 6.92 Å². The molecule has 0 amide bonds. The van der Waals surface area contributed by atoms with Crippen LogP contribution in [0.4, 0.5) is 32.2 Å². The lowest BCUT2D eigenvalue weighted by atomic mass is 10.1. The molecule has 2 N–H and O–H groups in total. The minimum Gasteiger partial charge on any atom is -0.475 e. The second kappa shape index (κ2) is 12.0. The van der Waals surface area contributed by atoms with Crippen LogP contribution in [-0.2, 0) is 16.1 Å². The number of aromatic nitrogens is 3. The lowest BCUT2D eigenvalue weighted by Crippen LogP contribution is -2.36. The first-order valence-corrected chi connectivity index (χ1v) is 10.5. The van der Waals surface area contributed by atoms with Crippen molar-refractivity contribution in [2.24, 2.45) is 0 Å². The zero-order chi connectivity index (χ0) is 27.1.